The summed E-state index contributed by atoms with van der Waals surface area (Å²) in [6.45, 7) is 0. The number of hydrogen-bond acceptors (Lipinski definition) is 4. The first-order valence-electron chi connectivity index (χ1n) is 2.91. The monoisotopic (exact) mass is 226 g/mol. The van der Waals surface area contributed by atoms with E-state index in [1.807, 2.05) is 0 Å². The molecule has 0 saturated carbocycles. The Bertz CT molecular complexity index is 124. The van der Waals surface area contributed by atoms with Crippen molar-refractivity contribution in [3.63, 3.8) is 0 Å². The minimum Gasteiger partial charge on any atom is -0.465 e. The number of methoxy groups -OCH3 is 3. The lowest BCUT2D eigenvalue weighted by molar-refractivity contribution is -0.217. The molecule has 0 atom stereocenters. The molecule has 0 N–H and O–H groups in total. The van der Waals surface area contributed by atoms with Crippen LogP contribution in [0.15, 0.2) is 0 Å². The number of esters is 1. The number of rotatable bonds is 4. The van der Waals surface area contributed by atoms with Gasteiger partial charge in [0.2, 0.25) is 0 Å². The highest BCUT2D eigenvalue weighted by atomic mass is 79.9. The summed E-state index contributed by atoms with van der Waals surface area (Å²) in [7, 11) is 4.03. The zero-order valence-electron chi connectivity index (χ0n) is 6.72. The van der Waals surface area contributed by atoms with Gasteiger partial charge in [-0.2, -0.15) is 0 Å². The molecule has 0 aromatic rings. The molecule has 0 bridgehead atoms. The van der Waals surface area contributed by atoms with Crippen molar-refractivity contribution in [2.24, 2.45) is 0 Å². The fourth-order valence-corrected chi connectivity index (χ4v) is 1.26. The molecule has 11 heavy (non-hydrogen) atoms. The van der Waals surface area contributed by atoms with E-state index in [1.165, 1.54) is 21.3 Å². The molecule has 0 saturated heterocycles. The van der Waals surface area contributed by atoms with Crippen LogP contribution in [0.1, 0.15) is 0 Å². The van der Waals surface area contributed by atoms with Gasteiger partial charge in [0.1, 0.15) is 0 Å². The lowest BCUT2D eigenvalue weighted by atomic mass is 10.3. The molecule has 0 aliphatic rings. The molecule has 5 heteroatoms. The van der Waals surface area contributed by atoms with Crippen LogP contribution in [0.5, 0.6) is 0 Å². The van der Waals surface area contributed by atoms with E-state index in [-0.39, 0.29) is 5.33 Å². The molecule has 66 valence electrons. The summed E-state index contributed by atoms with van der Waals surface area (Å²) in [6, 6.07) is 0. The van der Waals surface area contributed by atoms with Gasteiger partial charge >= 0.3 is 5.97 Å². The van der Waals surface area contributed by atoms with Gasteiger partial charge < -0.3 is 14.2 Å². The van der Waals surface area contributed by atoms with Crippen LogP contribution in [0.25, 0.3) is 0 Å². The zero-order chi connectivity index (χ0) is 8.91. The van der Waals surface area contributed by atoms with Gasteiger partial charge in [0.25, 0.3) is 5.79 Å². The Morgan fingerprint density at radius 3 is 1.91 bits per heavy atom. The van der Waals surface area contributed by atoms with E-state index >= 15 is 0 Å². The van der Waals surface area contributed by atoms with Gasteiger partial charge in [0, 0.05) is 14.2 Å². The number of halogens is 1. The number of carbonyl (C=O) groups is 1. The fraction of sp³-hybridized carbons (Fsp3) is 0.833. The minimum atomic E-state index is -1.31. The molecule has 0 aliphatic heterocycles. The van der Waals surface area contributed by atoms with E-state index in [2.05, 4.69) is 20.7 Å². The Labute approximate surface area is 73.9 Å². The van der Waals surface area contributed by atoms with Crippen molar-refractivity contribution in [2.45, 2.75) is 5.79 Å². The lowest BCUT2D eigenvalue weighted by Gasteiger charge is -2.24. The first-order valence-corrected chi connectivity index (χ1v) is 4.03. The third kappa shape index (κ3) is 2.15. The molecule has 0 amide bonds. The number of carbonyl (C=O) groups excluding carboxylic acids is 1. The molecule has 0 radical (unpaired) electrons. The van der Waals surface area contributed by atoms with Gasteiger partial charge in [-0.1, -0.05) is 15.9 Å². The van der Waals surface area contributed by atoms with Crippen molar-refractivity contribution in [3.8, 4) is 0 Å². The smallest absolute Gasteiger partial charge is 0.367 e. The summed E-state index contributed by atoms with van der Waals surface area (Å²) in [5, 5.41) is 0.236. The number of ether oxygens (including phenoxy) is 3. The van der Waals surface area contributed by atoms with Crippen LogP contribution in [0.4, 0.5) is 0 Å². The predicted molar refractivity (Wildman–Crippen MR) is 42.6 cm³/mol. The van der Waals surface area contributed by atoms with Crippen LogP contribution in [0.2, 0.25) is 0 Å². The molecule has 4 nitrogen and oxygen atoms in total. The Morgan fingerprint density at radius 1 is 1.36 bits per heavy atom. The molecule has 0 aromatic heterocycles. The average molecular weight is 227 g/mol. The molecule has 0 aliphatic carbocycles. The molecular formula is C6H11BrO4. The van der Waals surface area contributed by atoms with Crippen molar-refractivity contribution in [1.82, 2.24) is 0 Å². The summed E-state index contributed by atoms with van der Waals surface area (Å²) < 4.78 is 14.2. The first kappa shape index (κ1) is 10.9. The summed E-state index contributed by atoms with van der Waals surface area (Å²) in [6.07, 6.45) is 0. The average Bonchev–Trinajstić information content (AvgIpc) is 2.08. The van der Waals surface area contributed by atoms with Crippen LogP contribution in [0, 0.1) is 0 Å². The summed E-state index contributed by atoms with van der Waals surface area (Å²) in [5.41, 5.74) is 0. The Kier molecular flexibility index (Phi) is 4.63. The van der Waals surface area contributed by atoms with Crippen LogP contribution >= 0.6 is 15.9 Å². The Morgan fingerprint density at radius 2 is 1.82 bits per heavy atom. The fourth-order valence-electron chi connectivity index (χ4n) is 0.569. The maximum atomic E-state index is 11.0. The quantitative estimate of drug-likeness (QED) is 0.399. The van der Waals surface area contributed by atoms with Crippen molar-refractivity contribution in [1.29, 1.82) is 0 Å². The van der Waals surface area contributed by atoms with E-state index in [1.54, 1.807) is 0 Å². The van der Waals surface area contributed by atoms with Crippen LogP contribution in [-0.2, 0) is 19.0 Å². The van der Waals surface area contributed by atoms with E-state index in [9.17, 15) is 4.79 Å². The van der Waals surface area contributed by atoms with Crippen LogP contribution in [0.3, 0.4) is 0 Å². The van der Waals surface area contributed by atoms with Crippen molar-refractivity contribution in [3.05, 3.63) is 0 Å². The normalized spacial score (nSPS) is 11.3. The lowest BCUT2D eigenvalue weighted by Crippen LogP contribution is -2.45. The summed E-state index contributed by atoms with van der Waals surface area (Å²) in [4.78, 5) is 11.0. The SMILES string of the molecule is COC(=O)C(CBr)(OC)OC. The second-order valence-electron chi connectivity index (χ2n) is 1.79. The highest BCUT2D eigenvalue weighted by Crippen LogP contribution is 2.15. The zero-order valence-corrected chi connectivity index (χ0v) is 8.30. The third-order valence-electron chi connectivity index (χ3n) is 1.33. The van der Waals surface area contributed by atoms with Gasteiger partial charge in [0.15, 0.2) is 0 Å². The van der Waals surface area contributed by atoms with Crippen LogP contribution < -0.4 is 0 Å². The second kappa shape index (κ2) is 4.69. The first-order chi connectivity index (χ1) is 5.16. The van der Waals surface area contributed by atoms with Gasteiger partial charge in [-0.3, -0.25) is 0 Å². The standard InChI is InChI=1S/C6H11BrO4/c1-9-5(8)6(4-7,10-2)11-3/h4H2,1-3H3. The molecular weight excluding hydrogens is 216 g/mol. The Balaban J connectivity index is 4.39. The molecule has 0 aromatic carbocycles. The molecule has 0 unspecified atom stereocenters. The van der Waals surface area contributed by atoms with Crippen molar-refractivity contribution in [2.75, 3.05) is 26.7 Å². The second-order valence-corrected chi connectivity index (χ2v) is 2.35. The summed E-state index contributed by atoms with van der Waals surface area (Å²) in [5.74, 6) is -1.87. The number of hydrogen-bond donors (Lipinski definition) is 0. The van der Waals surface area contributed by atoms with Gasteiger partial charge in [-0.05, 0) is 0 Å². The third-order valence-corrected chi connectivity index (χ3v) is 2.07. The number of alkyl halides is 1. The van der Waals surface area contributed by atoms with Crippen LogP contribution in [-0.4, -0.2) is 38.4 Å². The highest BCUT2D eigenvalue weighted by Gasteiger charge is 2.39. The van der Waals surface area contributed by atoms with E-state index < -0.39 is 11.8 Å². The van der Waals surface area contributed by atoms with Gasteiger partial charge in [0.05, 0.1) is 12.4 Å². The largest absolute Gasteiger partial charge is 0.465 e. The van der Waals surface area contributed by atoms with Gasteiger partial charge in [-0.15, -0.1) is 0 Å². The topological polar surface area (TPSA) is 44.8 Å². The molecule has 0 fully saturated rings. The van der Waals surface area contributed by atoms with E-state index in [4.69, 9.17) is 9.47 Å². The van der Waals surface area contributed by atoms with E-state index in [0.717, 1.165) is 0 Å². The maximum Gasteiger partial charge on any atom is 0.367 e. The molecule has 0 spiro atoms. The van der Waals surface area contributed by atoms with Crippen molar-refractivity contribution >= 4 is 21.9 Å². The molecule has 0 rings (SSSR count). The van der Waals surface area contributed by atoms with Crippen molar-refractivity contribution < 1.29 is 19.0 Å². The predicted octanol–water partition coefficient (Wildman–Crippen LogP) is 0.543. The maximum absolute atomic E-state index is 11.0. The molecule has 0 heterocycles. The minimum absolute atomic E-state index is 0.236. The summed E-state index contributed by atoms with van der Waals surface area (Å²) >= 11 is 3.08. The highest BCUT2D eigenvalue weighted by molar-refractivity contribution is 9.09. The van der Waals surface area contributed by atoms with Gasteiger partial charge in [-0.25, -0.2) is 4.79 Å². The Hall–Kier alpha value is -0.130. The van der Waals surface area contributed by atoms with E-state index in [0.29, 0.717) is 0 Å².